The van der Waals surface area contributed by atoms with E-state index in [2.05, 4.69) is 0 Å². The number of benzene rings is 1. The molecule has 1 N–H and O–H groups in total. The second-order valence-corrected chi connectivity index (χ2v) is 7.22. The lowest BCUT2D eigenvalue weighted by molar-refractivity contribution is -0.148. The summed E-state index contributed by atoms with van der Waals surface area (Å²) in [5.41, 5.74) is 0. The fourth-order valence-corrected chi connectivity index (χ4v) is 3.77. The number of rotatable bonds is 5. The lowest BCUT2D eigenvalue weighted by atomic mass is 9.92. The maximum atomic E-state index is 12.7. The molecule has 146 valence electrons. The predicted molar refractivity (Wildman–Crippen MR) is 98.2 cm³/mol. The number of piperidine rings is 2. The maximum absolute atomic E-state index is 12.7. The second-order valence-electron chi connectivity index (χ2n) is 7.22. The quantitative estimate of drug-likeness (QED) is 0.846. The zero-order chi connectivity index (χ0) is 19.2. The molecule has 0 aromatic heterocycles. The summed E-state index contributed by atoms with van der Waals surface area (Å²) < 4.78 is 5.50. The highest BCUT2D eigenvalue weighted by Crippen LogP contribution is 2.24. The summed E-state index contributed by atoms with van der Waals surface area (Å²) >= 11 is 0. The largest absolute Gasteiger partial charge is 0.484 e. The fourth-order valence-electron chi connectivity index (χ4n) is 3.77. The number of para-hydroxylation sites is 1. The van der Waals surface area contributed by atoms with Crippen LogP contribution in [0.4, 0.5) is 0 Å². The summed E-state index contributed by atoms with van der Waals surface area (Å²) in [5.74, 6) is -0.793. The lowest BCUT2D eigenvalue weighted by Crippen LogP contribution is -2.48. The van der Waals surface area contributed by atoms with Crippen molar-refractivity contribution in [3.05, 3.63) is 30.3 Å². The van der Waals surface area contributed by atoms with Gasteiger partial charge in [-0.25, -0.2) is 0 Å². The van der Waals surface area contributed by atoms with E-state index in [0.717, 1.165) is 6.42 Å². The number of carbonyl (C=O) groups is 3. The minimum atomic E-state index is -0.827. The van der Waals surface area contributed by atoms with Gasteiger partial charge in [0.05, 0.1) is 5.92 Å². The number of carbonyl (C=O) groups excluding carboxylic acids is 2. The number of hydrogen-bond acceptors (Lipinski definition) is 4. The molecule has 2 amide bonds. The van der Waals surface area contributed by atoms with Crippen molar-refractivity contribution < 1.29 is 24.2 Å². The maximum Gasteiger partial charge on any atom is 0.308 e. The zero-order valence-electron chi connectivity index (χ0n) is 15.4. The van der Waals surface area contributed by atoms with Gasteiger partial charge in [0.25, 0.3) is 5.91 Å². The molecule has 0 aliphatic carbocycles. The van der Waals surface area contributed by atoms with E-state index >= 15 is 0 Å². The lowest BCUT2D eigenvalue weighted by Gasteiger charge is -2.37. The zero-order valence-corrected chi connectivity index (χ0v) is 15.4. The standard InChI is InChI=1S/C20H26N2O5/c23-18(14-27-17-6-2-1-3-7-17)21-11-8-15(9-12-21)19(24)22-10-4-5-16(13-22)20(25)26/h1-3,6-7,15-16H,4-5,8-14H2,(H,25,26). The number of nitrogens with zero attached hydrogens (tertiary/aromatic N) is 2. The van der Waals surface area contributed by atoms with Gasteiger partial charge in [0.15, 0.2) is 6.61 Å². The number of amides is 2. The molecule has 1 unspecified atom stereocenters. The molecule has 7 nitrogen and oxygen atoms in total. The summed E-state index contributed by atoms with van der Waals surface area (Å²) in [7, 11) is 0. The SMILES string of the molecule is O=C(O)C1CCCN(C(=O)C2CCN(C(=O)COc3ccccc3)CC2)C1. The Morgan fingerprint density at radius 3 is 2.33 bits per heavy atom. The molecule has 0 saturated carbocycles. The summed E-state index contributed by atoms with van der Waals surface area (Å²) in [6.45, 7) is 1.99. The van der Waals surface area contributed by atoms with Crippen LogP contribution >= 0.6 is 0 Å². The van der Waals surface area contributed by atoms with Crippen LogP contribution in [0, 0.1) is 11.8 Å². The number of ether oxygens (including phenoxy) is 1. The number of carboxylic acids is 1. The normalized spacial score (nSPS) is 21.0. The van der Waals surface area contributed by atoms with Crippen LogP contribution in [0.1, 0.15) is 25.7 Å². The van der Waals surface area contributed by atoms with Crippen molar-refractivity contribution in [3.63, 3.8) is 0 Å². The van der Waals surface area contributed by atoms with Gasteiger partial charge in [0.1, 0.15) is 5.75 Å². The van der Waals surface area contributed by atoms with Gasteiger partial charge in [0.2, 0.25) is 5.91 Å². The molecule has 1 atom stereocenters. The van der Waals surface area contributed by atoms with Gasteiger partial charge in [-0.1, -0.05) is 18.2 Å². The molecule has 1 aromatic rings. The van der Waals surface area contributed by atoms with Gasteiger partial charge in [-0.05, 0) is 37.8 Å². The first-order valence-electron chi connectivity index (χ1n) is 9.52. The van der Waals surface area contributed by atoms with E-state index in [1.54, 1.807) is 21.9 Å². The van der Waals surface area contributed by atoms with Crippen LogP contribution in [0.2, 0.25) is 0 Å². The molecule has 0 bridgehead atoms. The molecule has 1 aromatic carbocycles. The molecule has 2 heterocycles. The first-order chi connectivity index (χ1) is 13.0. The van der Waals surface area contributed by atoms with Crippen LogP contribution in [-0.4, -0.2) is 65.5 Å². The molecule has 2 aliphatic rings. The average molecular weight is 374 g/mol. The molecule has 0 spiro atoms. The van der Waals surface area contributed by atoms with Gasteiger partial charge in [-0.15, -0.1) is 0 Å². The molecule has 2 fully saturated rings. The van der Waals surface area contributed by atoms with E-state index in [4.69, 9.17) is 4.74 Å². The number of likely N-dealkylation sites (tertiary alicyclic amines) is 2. The van der Waals surface area contributed by atoms with Crippen molar-refractivity contribution >= 4 is 17.8 Å². The van der Waals surface area contributed by atoms with Crippen molar-refractivity contribution in [1.29, 1.82) is 0 Å². The van der Waals surface area contributed by atoms with Crippen molar-refractivity contribution in [2.45, 2.75) is 25.7 Å². The van der Waals surface area contributed by atoms with Crippen molar-refractivity contribution in [3.8, 4) is 5.75 Å². The fraction of sp³-hybridized carbons (Fsp3) is 0.550. The highest BCUT2D eigenvalue weighted by molar-refractivity contribution is 5.81. The van der Waals surface area contributed by atoms with Crippen LogP contribution in [0.15, 0.2) is 30.3 Å². The van der Waals surface area contributed by atoms with Crippen molar-refractivity contribution in [2.24, 2.45) is 11.8 Å². The van der Waals surface area contributed by atoms with E-state index in [9.17, 15) is 19.5 Å². The first-order valence-corrected chi connectivity index (χ1v) is 9.52. The Morgan fingerprint density at radius 2 is 1.67 bits per heavy atom. The summed E-state index contributed by atoms with van der Waals surface area (Å²) in [6.07, 6.45) is 2.60. The minimum absolute atomic E-state index is 0.00492. The average Bonchev–Trinajstić information content (AvgIpc) is 2.72. The number of carboxylic acid groups (broad SMARTS) is 1. The van der Waals surface area contributed by atoms with Gasteiger partial charge >= 0.3 is 5.97 Å². The number of aliphatic carboxylic acids is 1. The van der Waals surface area contributed by atoms with Crippen LogP contribution in [-0.2, 0) is 14.4 Å². The van der Waals surface area contributed by atoms with Crippen molar-refractivity contribution in [1.82, 2.24) is 9.80 Å². The predicted octanol–water partition coefficient (Wildman–Crippen LogP) is 1.63. The first kappa shape index (κ1) is 19.2. The van der Waals surface area contributed by atoms with Gasteiger partial charge in [0, 0.05) is 32.1 Å². The third-order valence-corrected chi connectivity index (χ3v) is 5.38. The Labute approximate surface area is 158 Å². The highest BCUT2D eigenvalue weighted by atomic mass is 16.5. The third kappa shape index (κ3) is 4.99. The van der Waals surface area contributed by atoms with Crippen LogP contribution in [0.3, 0.4) is 0 Å². The van der Waals surface area contributed by atoms with Gasteiger partial charge in [-0.3, -0.25) is 14.4 Å². The molecule has 7 heteroatoms. The summed E-state index contributed by atoms with van der Waals surface area (Å²) in [6, 6.07) is 9.21. The van der Waals surface area contributed by atoms with Gasteiger partial charge < -0.3 is 19.6 Å². The molecule has 27 heavy (non-hydrogen) atoms. The highest BCUT2D eigenvalue weighted by Gasteiger charge is 2.34. The van der Waals surface area contributed by atoms with E-state index in [-0.39, 0.29) is 24.3 Å². The van der Waals surface area contributed by atoms with E-state index in [0.29, 0.717) is 51.2 Å². The molecule has 2 aliphatic heterocycles. The Kier molecular flexibility index (Phi) is 6.32. The summed E-state index contributed by atoms with van der Waals surface area (Å²) in [4.78, 5) is 39.6. The topological polar surface area (TPSA) is 87.2 Å². The summed E-state index contributed by atoms with van der Waals surface area (Å²) in [5, 5.41) is 9.18. The van der Waals surface area contributed by atoms with E-state index in [1.165, 1.54) is 0 Å². The molecule has 3 rings (SSSR count). The van der Waals surface area contributed by atoms with Crippen LogP contribution in [0.5, 0.6) is 5.75 Å². The molecular weight excluding hydrogens is 348 g/mol. The van der Waals surface area contributed by atoms with E-state index < -0.39 is 11.9 Å². The smallest absolute Gasteiger partial charge is 0.308 e. The van der Waals surface area contributed by atoms with Crippen LogP contribution < -0.4 is 4.74 Å². The number of hydrogen-bond donors (Lipinski definition) is 1. The molecule has 2 saturated heterocycles. The van der Waals surface area contributed by atoms with Crippen LogP contribution in [0.25, 0.3) is 0 Å². The minimum Gasteiger partial charge on any atom is -0.484 e. The van der Waals surface area contributed by atoms with Crippen molar-refractivity contribution in [2.75, 3.05) is 32.8 Å². The Morgan fingerprint density at radius 1 is 0.963 bits per heavy atom. The molecular formula is C20H26N2O5. The third-order valence-electron chi connectivity index (χ3n) is 5.38. The Balaban J connectivity index is 1.44. The van der Waals surface area contributed by atoms with Gasteiger partial charge in [-0.2, -0.15) is 0 Å². The Hall–Kier alpha value is -2.57. The monoisotopic (exact) mass is 374 g/mol. The molecule has 0 radical (unpaired) electrons. The Bertz CT molecular complexity index is 670. The van der Waals surface area contributed by atoms with E-state index in [1.807, 2.05) is 18.2 Å². The second kappa shape index (κ2) is 8.88.